The molecule has 2 aromatic carbocycles. The minimum absolute atomic E-state index is 0.0674. The first-order chi connectivity index (χ1) is 19.6. The van der Waals surface area contributed by atoms with Gasteiger partial charge in [-0.05, 0) is 55.5 Å². The van der Waals surface area contributed by atoms with E-state index in [1.54, 1.807) is 0 Å². The standard InChI is InChI=1S/C27H22Cl2F5N3O5/c28-20-8-18(38)9-21(29)23(20)22(39)12-36(11-13-5-15(30)7-16(31)6-13)25(40)19-10-35-37(24(19)27(32,33)34)17-3-1-14(2-4-17)26(41)42/h5-10,14,17,38H,1-4,11-12H2,(H,41,42). The molecule has 0 aliphatic heterocycles. The van der Waals surface area contributed by atoms with Crippen molar-refractivity contribution in [1.82, 2.24) is 14.7 Å². The second-order valence-electron chi connectivity index (χ2n) is 9.84. The molecule has 1 heterocycles. The number of aromatic hydroxyl groups is 1. The van der Waals surface area contributed by atoms with Gasteiger partial charge in [0.25, 0.3) is 5.91 Å². The number of hydrogen-bond donors (Lipinski definition) is 2. The zero-order valence-electron chi connectivity index (χ0n) is 21.5. The van der Waals surface area contributed by atoms with Crippen molar-refractivity contribution in [3.63, 3.8) is 0 Å². The van der Waals surface area contributed by atoms with Gasteiger partial charge >= 0.3 is 12.1 Å². The lowest BCUT2D eigenvalue weighted by molar-refractivity contribution is -0.147. The number of hydrogen-bond acceptors (Lipinski definition) is 5. The Kier molecular flexibility index (Phi) is 9.12. The number of carbonyl (C=O) groups is 3. The number of ketones is 1. The van der Waals surface area contributed by atoms with Crippen molar-refractivity contribution in [2.24, 2.45) is 5.92 Å². The number of phenols is 1. The molecular formula is C27H22Cl2F5N3O5. The molecule has 0 saturated heterocycles. The predicted octanol–water partition coefficient (Wildman–Crippen LogP) is 6.53. The highest BCUT2D eigenvalue weighted by Crippen LogP contribution is 2.39. The molecule has 1 saturated carbocycles. The number of halogens is 7. The third kappa shape index (κ3) is 6.84. The Hall–Kier alpha value is -3.71. The van der Waals surface area contributed by atoms with Crippen LogP contribution in [0.15, 0.2) is 36.5 Å². The number of alkyl halides is 3. The average molecular weight is 634 g/mol. The molecule has 0 bridgehead atoms. The van der Waals surface area contributed by atoms with E-state index in [9.17, 15) is 46.5 Å². The van der Waals surface area contributed by atoms with Gasteiger partial charge in [0.05, 0.1) is 45.9 Å². The molecule has 1 aromatic heterocycles. The molecule has 1 aliphatic rings. The van der Waals surface area contributed by atoms with Crippen molar-refractivity contribution >= 4 is 40.9 Å². The fraction of sp³-hybridized carbons (Fsp3) is 0.333. The minimum atomic E-state index is -5.09. The molecule has 3 aromatic rings. The molecule has 2 N–H and O–H groups in total. The maximum Gasteiger partial charge on any atom is 0.433 e. The van der Waals surface area contributed by atoms with E-state index in [-0.39, 0.29) is 52.6 Å². The highest BCUT2D eigenvalue weighted by Gasteiger charge is 2.43. The predicted molar refractivity (Wildman–Crippen MR) is 139 cm³/mol. The Labute approximate surface area is 245 Å². The molecule has 1 fully saturated rings. The summed E-state index contributed by atoms with van der Waals surface area (Å²) in [6.07, 6.45) is -4.04. The monoisotopic (exact) mass is 633 g/mol. The fourth-order valence-corrected chi connectivity index (χ4v) is 5.70. The van der Waals surface area contributed by atoms with Crippen LogP contribution >= 0.6 is 23.2 Å². The largest absolute Gasteiger partial charge is 0.508 e. The quantitative estimate of drug-likeness (QED) is 0.215. The third-order valence-corrected chi connectivity index (χ3v) is 7.51. The summed E-state index contributed by atoms with van der Waals surface area (Å²) in [6, 6.07) is 3.41. The van der Waals surface area contributed by atoms with Crippen molar-refractivity contribution in [1.29, 1.82) is 0 Å². The summed E-state index contributed by atoms with van der Waals surface area (Å²) in [5.74, 6) is -6.42. The zero-order chi connectivity index (χ0) is 30.9. The van der Waals surface area contributed by atoms with Crippen LogP contribution < -0.4 is 0 Å². The van der Waals surface area contributed by atoms with E-state index in [0.29, 0.717) is 21.8 Å². The number of carboxylic acids is 1. The third-order valence-electron chi connectivity index (χ3n) is 6.91. The van der Waals surface area contributed by atoms with Crippen LogP contribution in [0.4, 0.5) is 22.0 Å². The number of carboxylic acid groups (broad SMARTS) is 1. The minimum Gasteiger partial charge on any atom is -0.508 e. The zero-order valence-corrected chi connectivity index (χ0v) is 23.0. The molecule has 0 unspecified atom stereocenters. The summed E-state index contributed by atoms with van der Waals surface area (Å²) in [5.41, 5.74) is -2.82. The normalized spacial score (nSPS) is 17.2. The second kappa shape index (κ2) is 12.3. The van der Waals surface area contributed by atoms with Gasteiger partial charge in [0.2, 0.25) is 0 Å². The van der Waals surface area contributed by atoms with Crippen molar-refractivity contribution in [3.8, 4) is 5.75 Å². The molecular weight excluding hydrogens is 612 g/mol. The molecule has 15 heteroatoms. The molecule has 224 valence electrons. The molecule has 0 atom stereocenters. The van der Waals surface area contributed by atoms with E-state index >= 15 is 0 Å². The Morgan fingerprint density at radius 2 is 1.55 bits per heavy atom. The van der Waals surface area contributed by atoms with Crippen molar-refractivity contribution < 1.29 is 46.5 Å². The summed E-state index contributed by atoms with van der Waals surface area (Å²) in [4.78, 5) is 38.8. The number of benzene rings is 2. The van der Waals surface area contributed by atoms with Gasteiger partial charge in [-0.15, -0.1) is 0 Å². The van der Waals surface area contributed by atoms with E-state index in [2.05, 4.69) is 5.10 Å². The van der Waals surface area contributed by atoms with Gasteiger partial charge in [-0.1, -0.05) is 23.2 Å². The second-order valence-corrected chi connectivity index (χ2v) is 10.7. The van der Waals surface area contributed by atoms with Crippen LogP contribution in [0.2, 0.25) is 10.0 Å². The Bertz CT molecular complexity index is 1490. The summed E-state index contributed by atoms with van der Waals surface area (Å²) in [5, 5.41) is 22.1. The number of aromatic nitrogens is 2. The van der Waals surface area contributed by atoms with Crippen LogP contribution in [0.25, 0.3) is 0 Å². The van der Waals surface area contributed by atoms with Crippen molar-refractivity contribution in [2.75, 3.05) is 6.54 Å². The molecule has 8 nitrogen and oxygen atoms in total. The number of carbonyl (C=O) groups excluding carboxylic acids is 2. The van der Waals surface area contributed by atoms with Gasteiger partial charge in [0.15, 0.2) is 11.5 Å². The Morgan fingerprint density at radius 3 is 2.07 bits per heavy atom. The molecule has 1 amide bonds. The molecule has 42 heavy (non-hydrogen) atoms. The first-order valence-corrected chi connectivity index (χ1v) is 13.2. The fourth-order valence-electron chi connectivity index (χ4n) is 5.02. The van der Waals surface area contributed by atoms with Gasteiger partial charge in [0, 0.05) is 12.6 Å². The number of Topliss-reactive ketones (excluding diaryl/α,β-unsaturated/α-hetero) is 1. The van der Waals surface area contributed by atoms with Crippen molar-refractivity contribution in [2.45, 2.75) is 44.4 Å². The first-order valence-electron chi connectivity index (χ1n) is 12.5. The smallest absolute Gasteiger partial charge is 0.433 e. The van der Waals surface area contributed by atoms with Gasteiger partial charge in [-0.2, -0.15) is 18.3 Å². The van der Waals surface area contributed by atoms with Crippen LogP contribution in [0, 0.1) is 17.6 Å². The summed E-state index contributed by atoms with van der Waals surface area (Å²) in [7, 11) is 0. The number of phenolic OH excluding ortho intramolecular Hbond substituents is 1. The number of nitrogens with zero attached hydrogens (tertiary/aromatic N) is 3. The Balaban J connectivity index is 1.73. The van der Waals surface area contributed by atoms with Crippen LogP contribution in [0.3, 0.4) is 0 Å². The van der Waals surface area contributed by atoms with Gasteiger partial charge in [0.1, 0.15) is 17.4 Å². The SMILES string of the molecule is O=C(CN(Cc1cc(F)cc(F)c1)C(=O)c1cnn(C2CCC(C(=O)O)CC2)c1C(F)(F)F)c1c(Cl)cc(O)cc1Cl. The summed E-state index contributed by atoms with van der Waals surface area (Å²) < 4.78 is 71.6. The van der Waals surface area contributed by atoms with Crippen LogP contribution in [0.5, 0.6) is 5.75 Å². The number of aliphatic carboxylic acids is 1. The van der Waals surface area contributed by atoms with Gasteiger partial charge < -0.3 is 15.1 Å². The number of amides is 1. The molecule has 0 spiro atoms. The molecule has 0 radical (unpaired) electrons. The van der Waals surface area contributed by atoms with Crippen molar-refractivity contribution in [3.05, 3.63) is 80.6 Å². The van der Waals surface area contributed by atoms with Crippen LogP contribution in [-0.2, 0) is 17.5 Å². The Morgan fingerprint density at radius 1 is 0.976 bits per heavy atom. The topological polar surface area (TPSA) is 113 Å². The van der Waals surface area contributed by atoms with Crippen LogP contribution in [-0.4, -0.2) is 49.1 Å². The maximum atomic E-state index is 14.4. The molecule has 1 aliphatic carbocycles. The van der Waals surface area contributed by atoms with E-state index < -0.39 is 71.8 Å². The van der Waals surface area contributed by atoms with E-state index in [4.69, 9.17) is 23.2 Å². The van der Waals surface area contributed by atoms with Gasteiger partial charge in [-0.25, -0.2) is 8.78 Å². The summed E-state index contributed by atoms with van der Waals surface area (Å²) >= 11 is 12.1. The maximum absolute atomic E-state index is 14.4. The number of rotatable bonds is 8. The summed E-state index contributed by atoms with van der Waals surface area (Å²) in [6.45, 7) is -1.59. The highest BCUT2D eigenvalue weighted by molar-refractivity contribution is 6.40. The lowest BCUT2D eigenvalue weighted by Gasteiger charge is -2.28. The lowest BCUT2D eigenvalue weighted by atomic mass is 9.86. The highest BCUT2D eigenvalue weighted by atomic mass is 35.5. The lowest BCUT2D eigenvalue weighted by Crippen LogP contribution is -2.37. The van der Waals surface area contributed by atoms with E-state index in [1.165, 1.54) is 0 Å². The van der Waals surface area contributed by atoms with Crippen LogP contribution in [0.1, 0.15) is 63.7 Å². The molecule has 4 rings (SSSR count). The first kappa shape index (κ1) is 31.2. The van der Waals surface area contributed by atoms with E-state index in [0.717, 1.165) is 24.3 Å². The average Bonchev–Trinajstić information content (AvgIpc) is 3.33. The van der Waals surface area contributed by atoms with E-state index in [1.807, 2.05) is 0 Å². The van der Waals surface area contributed by atoms with Gasteiger partial charge in [-0.3, -0.25) is 19.1 Å².